The molecule has 0 unspecified atom stereocenters. The lowest BCUT2D eigenvalue weighted by atomic mass is 9.96. The average molecular weight is 409 g/mol. The summed E-state index contributed by atoms with van der Waals surface area (Å²) >= 11 is 0. The van der Waals surface area contributed by atoms with Crippen LogP contribution in [0.2, 0.25) is 0 Å². The van der Waals surface area contributed by atoms with Gasteiger partial charge < -0.3 is 18.7 Å². The van der Waals surface area contributed by atoms with Crippen LogP contribution in [0.3, 0.4) is 0 Å². The number of imidazole rings is 1. The van der Waals surface area contributed by atoms with Gasteiger partial charge in [0.15, 0.2) is 11.5 Å². The van der Waals surface area contributed by atoms with Gasteiger partial charge >= 0.3 is 0 Å². The minimum absolute atomic E-state index is 0.0649. The largest absolute Gasteiger partial charge is 0.494 e. The van der Waals surface area contributed by atoms with E-state index in [-0.39, 0.29) is 5.91 Å². The molecule has 1 amide bonds. The minimum Gasteiger partial charge on any atom is -0.494 e. The Bertz CT molecular complexity index is 1020. The highest BCUT2D eigenvalue weighted by molar-refractivity contribution is 5.93. The molecule has 3 heterocycles. The summed E-state index contributed by atoms with van der Waals surface area (Å²) in [7, 11) is 0. The summed E-state index contributed by atoms with van der Waals surface area (Å²) in [4.78, 5) is 19.1. The summed E-state index contributed by atoms with van der Waals surface area (Å²) in [6.45, 7) is 9.03. The van der Waals surface area contributed by atoms with Crippen LogP contribution in [0, 0.1) is 19.8 Å². The lowest BCUT2D eigenvalue weighted by molar-refractivity contribution is 0.0672. The molecule has 0 N–H and O–H groups in total. The number of benzene rings is 1. The number of hydrogen-bond acceptors (Lipinski definition) is 5. The molecule has 1 fully saturated rings. The van der Waals surface area contributed by atoms with Crippen molar-refractivity contribution < 1.29 is 14.1 Å². The molecule has 30 heavy (non-hydrogen) atoms. The number of rotatable bonds is 6. The van der Waals surface area contributed by atoms with Crippen LogP contribution in [0.4, 0.5) is 0 Å². The van der Waals surface area contributed by atoms with Gasteiger partial charge in [-0.05, 0) is 63.3 Å². The van der Waals surface area contributed by atoms with Crippen LogP contribution in [0.15, 0.2) is 41.2 Å². The Morgan fingerprint density at radius 1 is 1.23 bits per heavy atom. The Morgan fingerprint density at radius 3 is 2.70 bits per heavy atom. The summed E-state index contributed by atoms with van der Waals surface area (Å²) in [6.07, 6.45) is 5.81. The monoisotopic (exact) mass is 408 g/mol. The van der Waals surface area contributed by atoms with E-state index >= 15 is 0 Å². The molecule has 0 radical (unpaired) electrons. The molecule has 0 spiro atoms. The number of hydrogen-bond donors (Lipinski definition) is 0. The number of piperidine rings is 1. The second-order valence-electron chi connectivity index (χ2n) is 7.85. The lowest BCUT2D eigenvalue weighted by Gasteiger charge is -2.31. The van der Waals surface area contributed by atoms with Crippen LogP contribution in [0.5, 0.6) is 5.75 Å². The molecule has 1 aliphatic heterocycles. The molecule has 3 aromatic rings. The summed E-state index contributed by atoms with van der Waals surface area (Å²) < 4.78 is 13.2. The van der Waals surface area contributed by atoms with Gasteiger partial charge in [-0.1, -0.05) is 5.16 Å². The van der Waals surface area contributed by atoms with Gasteiger partial charge in [0.25, 0.3) is 5.91 Å². The number of nitrogens with zero attached hydrogens (tertiary/aromatic N) is 4. The van der Waals surface area contributed by atoms with Gasteiger partial charge in [0.1, 0.15) is 11.6 Å². The first-order valence-corrected chi connectivity index (χ1v) is 10.5. The van der Waals surface area contributed by atoms with Crippen LogP contribution in [-0.4, -0.2) is 45.2 Å². The molecule has 2 aromatic heterocycles. The van der Waals surface area contributed by atoms with Crippen LogP contribution >= 0.6 is 0 Å². The second-order valence-corrected chi connectivity index (χ2v) is 7.85. The highest BCUT2D eigenvalue weighted by Crippen LogP contribution is 2.28. The number of aryl methyl sites for hydroxylation is 2. The number of carbonyl (C=O) groups is 1. The zero-order valence-electron chi connectivity index (χ0n) is 17.8. The molecule has 7 nitrogen and oxygen atoms in total. The molecule has 0 bridgehead atoms. The number of aromatic nitrogens is 3. The fourth-order valence-electron chi connectivity index (χ4n) is 3.99. The van der Waals surface area contributed by atoms with Crippen LogP contribution < -0.4 is 4.74 Å². The molecule has 0 atom stereocenters. The third kappa shape index (κ3) is 4.25. The Hall–Kier alpha value is -3.09. The van der Waals surface area contributed by atoms with Crippen molar-refractivity contribution in [1.29, 1.82) is 0 Å². The summed E-state index contributed by atoms with van der Waals surface area (Å²) in [5.74, 6) is 2.97. The second kappa shape index (κ2) is 8.73. The first-order valence-electron chi connectivity index (χ1n) is 10.5. The van der Waals surface area contributed by atoms with Crippen LogP contribution in [0.1, 0.15) is 41.6 Å². The van der Waals surface area contributed by atoms with Gasteiger partial charge in [-0.15, -0.1) is 0 Å². The zero-order chi connectivity index (χ0) is 21.1. The Labute approximate surface area is 176 Å². The first kappa shape index (κ1) is 20.2. The molecule has 1 aromatic carbocycles. The van der Waals surface area contributed by atoms with Crippen molar-refractivity contribution >= 4 is 5.91 Å². The minimum atomic E-state index is -0.0649. The molecule has 1 aliphatic rings. The standard InChI is InChI=1S/C23H28N4O3/c1-4-29-21-6-5-19(13-16(21)2)22-14-20(25-30-22)23(28)26-10-7-18(8-11-26)15-27-12-9-24-17(27)3/h5-6,9,12-14,18H,4,7-8,10-11,15H2,1-3H3. The number of carbonyl (C=O) groups excluding carboxylic acids is 1. The molecule has 0 aliphatic carbocycles. The van der Waals surface area contributed by atoms with Gasteiger partial charge in [-0.3, -0.25) is 4.79 Å². The van der Waals surface area contributed by atoms with Gasteiger partial charge in [0.05, 0.1) is 6.61 Å². The van der Waals surface area contributed by atoms with Crippen molar-refractivity contribution in [2.24, 2.45) is 5.92 Å². The third-order valence-electron chi connectivity index (χ3n) is 5.77. The molecule has 4 rings (SSSR count). The van der Waals surface area contributed by atoms with Gasteiger partial charge in [-0.2, -0.15) is 0 Å². The van der Waals surface area contributed by atoms with Crippen LogP contribution in [0.25, 0.3) is 11.3 Å². The molecule has 158 valence electrons. The Kier molecular flexibility index (Phi) is 5.88. The van der Waals surface area contributed by atoms with E-state index in [4.69, 9.17) is 9.26 Å². The van der Waals surface area contributed by atoms with E-state index in [9.17, 15) is 4.79 Å². The Balaban J connectivity index is 1.38. The topological polar surface area (TPSA) is 73.4 Å². The average Bonchev–Trinajstić information content (AvgIpc) is 3.39. The van der Waals surface area contributed by atoms with Gasteiger partial charge in [0, 0.05) is 43.7 Å². The smallest absolute Gasteiger partial charge is 0.276 e. The van der Waals surface area contributed by atoms with Crippen LogP contribution in [-0.2, 0) is 6.54 Å². The molecular formula is C23H28N4O3. The SMILES string of the molecule is CCOc1ccc(-c2cc(C(=O)N3CCC(Cn4ccnc4C)CC3)no2)cc1C. The Morgan fingerprint density at radius 2 is 2.03 bits per heavy atom. The fraction of sp³-hybridized carbons (Fsp3) is 0.435. The third-order valence-corrected chi connectivity index (χ3v) is 5.77. The van der Waals surface area contributed by atoms with Gasteiger partial charge in [0.2, 0.25) is 0 Å². The highest BCUT2D eigenvalue weighted by atomic mass is 16.5. The van der Waals surface area contributed by atoms with Gasteiger partial charge in [-0.25, -0.2) is 4.98 Å². The quantitative estimate of drug-likeness (QED) is 0.614. The summed E-state index contributed by atoms with van der Waals surface area (Å²) in [6, 6.07) is 7.57. The van der Waals surface area contributed by atoms with Crippen molar-refractivity contribution in [2.75, 3.05) is 19.7 Å². The summed E-state index contributed by atoms with van der Waals surface area (Å²) in [5.41, 5.74) is 2.27. The number of ether oxygens (including phenoxy) is 1. The van der Waals surface area contributed by atoms with Crippen molar-refractivity contribution in [3.05, 3.63) is 53.7 Å². The molecular weight excluding hydrogens is 380 g/mol. The van der Waals surface area contributed by atoms with Crippen molar-refractivity contribution in [3.63, 3.8) is 0 Å². The fourth-order valence-corrected chi connectivity index (χ4v) is 3.99. The molecule has 7 heteroatoms. The normalized spacial score (nSPS) is 14.8. The van der Waals surface area contributed by atoms with Crippen molar-refractivity contribution in [1.82, 2.24) is 19.6 Å². The maximum absolute atomic E-state index is 12.9. The van der Waals surface area contributed by atoms with Crippen molar-refractivity contribution in [3.8, 4) is 17.1 Å². The van der Waals surface area contributed by atoms with E-state index in [0.29, 0.717) is 24.0 Å². The molecule has 0 saturated carbocycles. The maximum Gasteiger partial charge on any atom is 0.276 e. The van der Waals surface area contributed by atoms with E-state index in [1.54, 1.807) is 6.07 Å². The number of likely N-dealkylation sites (tertiary alicyclic amines) is 1. The van der Waals surface area contributed by atoms with Crippen molar-refractivity contribution in [2.45, 2.75) is 40.2 Å². The molecule has 1 saturated heterocycles. The predicted octanol–water partition coefficient (Wildman–Crippen LogP) is 4.11. The van der Waals surface area contributed by atoms with E-state index in [0.717, 1.165) is 55.2 Å². The van der Waals surface area contributed by atoms with E-state index in [2.05, 4.69) is 14.7 Å². The maximum atomic E-state index is 12.9. The van der Waals surface area contributed by atoms with E-state index in [1.807, 2.05) is 56.3 Å². The van der Waals surface area contributed by atoms with E-state index in [1.165, 1.54) is 0 Å². The lowest BCUT2D eigenvalue weighted by Crippen LogP contribution is -2.39. The number of amides is 1. The highest BCUT2D eigenvalue weighted by Gasteiger charge is 2.26. The zero-order valence-corrected chi connectivity index (χ0v) is 17.8. The summed E-state index contributed by atoms with van der Waals surface area (Å²) in [5, 5.41) is 4.04. The predicted molar refractivity (Wildman–Crippen MR) is 113 cm³/mol. The first-order chi connectivity index (χ1) is 14.5. The van der Waals surface area contributed by atoms with E-state index < -0.39 is 0 Å².